The second-order valence-electron chi connectivity index (χ2n) is 4.64. The molecule has 0 saturated heterocycles. The first-order chi connectivity index (χ1) is 9.90. The molecule has 114 valence electrons. The van der Waals surface area contributed by atoms with Gasteiger partial charge in [0.25, 0.3) is 0 Å². The number of ether oxygens (including phenoxy) is 1. The third kappa shape index (κ3) is 4.44. The summed E-state index contributed by atoms with van der Waals surface area (Å²) in [4.78, 5) is 0. The van der Waals surface area contributed by atoms with Crippen LogP contribution in [0.2, 0.25) is 4.34 Å². The summed E-state index contributed by atoms with van der Waals surface area (Å²) in [5.41, 5.74) is 1.01. The third-order valence-corrected chi connectivity index (χ3v) is 6.16. The lowest BCUT2D eigenvalue weighted by atomic mass is 10.1. The Bertz CT molecular complexity index is 713. The Morgan fingerprint density at radius 2 is 2.10 bits per heavy atom. The van der Waals surface area contributed by atoms with Crippen LogP contribution in [0.25, 0.3) is 0 Å². The van der Waals surface area contributed by atoms with Crippen molar-refractivity contribution in [3.8, 4) is 5.75 Å². The van der Waals surface area contributed by atoms with Crippen molar-refractivity contribution >= 4 is 33.0 Å². The van der Waals surface area contributed by atoms with Crippen molar-refractivity contribution in [2.24, 2.45) is 0 Å². The van der Waals surface area contributed by atoms with Gasteiger partial charge in [0.2, 0.25) is 10.0 Å². The van der Waals surface area contributed by atoms with E-state index in [0.717, 1.165) is 22.6 Å². The summed E-state index contributed by atoms with van der Waals surface area (Å²) >= 11 is 6.82. The molecule has 0 bridgehead atoms. The van der Waals surface area contributed by atoms with Crippen molar-refractivity contribution in [1.82, 2.24) is 4.72 Å². The standard InChI is InChI=1S/C14H16ClNO3S2/c1-10(8-11-4-3-5-12(9-11)19-2)16-21(17,18)14-7-6-13(15)20-14/h3-7,9-10,16H,8H2,1-2H3. The largest absolute Gasteiger partial charge is 0.497 e. The first kappa shape index (κ1) is 16.3. The van der Waals surface area contributed by atoms with Crippen molar-refractivity contribution in [3.63, 3.8) is 0 Å². The predicted molar refractivity (Wildman–Crippen MR) is 85.8 cm³/mol. The van der Waals surface area contributed by atoms with Gasteiger partial charge in [-0.25, -0.2) is 13.1 Å². The van der Waals surface area contributed by atoms with Crippen molar-refractivity contribution < 1.29 is 13.2 Å². The van der Waals surface area contributed by atoms with Crippen LogP contribution in [-0.2, 0) is 16.4 Å². The predicted octanol–water partition coefficient (Wildman–Crippen LogP) is 3.32. The molecule has 7 heteroatoms. The molecule has 1 heterocycles. The minimum Gasteiger partial charge on any atom is -0.497 e. The molecule has 0 amide bonds. The number of thiophene rings is 1. The highest BCUT2D eigenvalue weighted by Crippen LogP contribution is 2.25. The number of halogens is 1. The van der Waals surface area contributed by atoms with Crippen LogP contribution in [0.15, 0.2) is 40.6 Å². The second kappa shape index (κ2) is 6.79. The number of methoxy groups -OCH3 is 1. The van der Waals surface area contributed by atoms with Crippen LogP contribution in [0, 0.1) is 0 Å². The van der Waals surface area contributed by atoms with E-state index < -0.39 is 10.0 Å². The Balaban J connectivity index is 2.05. The second-order valence-corrected chi connectivity index (χ2v) is 8.29. The zero-order valence-corrected chi connectivity index (χ0v) is 14.1. The number of sulfonamides is 1. The zero-order chi connectivity index (χ0) is 15.5. The smallest absolute Gasteiger partial charge is 0.250 e. The number of hydrogen-bond acceptors (Lipinski definition) is 4. The third-order valence-electron chi connectivity index (χ3n) is 2.85. The highest BCUT2D eigenvalue weighted by molar-refractivity contribution is 7.91. The average Bonchev–Trinajstić information content (AvgIpc) is 2.86. The highest BCUT2D eigenvalue weighted by Gasteiger charge is 2.19. The SMILES string of the molecule is COc1cccc(CC(C)NS(=O)(=O)c2ccc(Cl)s2)c1. The Labute approximate surface area is 133 Å². The summed E-state index contributed by atoms with van der Waals surface area (Å²) in [6, 6.07) is 10.4. The van der Waals surface area contributed by atoms with E-state index in [1.54, 1.807) is 13.2 Å². The van der Waals surface area contributed by atoms with Gasteiger partial charge < -0.3 is 4.74 Å². The molecule has 1 unspecified atom stereocenters. The van der Waals surface area contributed by atoms with E-state index in [4.69, 9.17) is 16.3 Å². The van der Waals surface area contributed by atoms with E-state index in [1.807, 2.05) is 31.2 Å². The van der Waals surface area contributed by atoms with Gasteiger partial charge in [0.15, 0.2) is 0 Å². The summed E-state index contributed by atoms with van der Waals surface area (Å²) in [6.07, 6.45) is 0.579. The minimum absolute atomic E-state index is 0.227. The fourth-order valence-corrected chi connectivity index (χ4v) is 4.70. The fourth-order valence-electron chi connectivity index (χ4n) is 1.96. The molecule has 21 heavy (non-hydrogen) atoms. The summed E-state index contributed by atoms with van der Waals surface area (Å²) in [7, 11) is -1.92. The van der Waals surface area contributed by atoms with Crippen LogP contribution in [0.1, 0.15) is 12.5 Å². The summed E-state index contributed by atoms with van der Waals surface area (Å²) in [6.45, 7) is 1.83. The van der Waals surface area contributed by atoms with E-state index >= 15 is 0 Å². The van der Waals surface area contributed by atoms with Gasteiger partial charge in [0.1, 0.15) is 9.96 Å². The molecule has 0 aliphatic heterocycles. The van der Waals surface area contributed by atoms with Crippen molar-refractivity contribution in [1.29, 1.82) is 0 Å². The van der Waals surface area contributed by atoms with E-state index in [9.17, 15) is 8.42 Å². The van der Waals surface area contributed by atoms with Crippen LogP contribution < -0.4 is 9.46 Å². The molecule has 0 saturated carbocycles. The van der Waals surface area contributed by atoms with Crippen LogP contribution in [-0.4, -0.2) is 21.6 Å². The molecule has 2 rings (SSSR count). The first-order valence-electron chi connectivity index (χ1n) is 6.31. The van der Waals surface area contributed by atoms with Gasteiger partial charge in [0, 0.05) is 6.04 Å². The lowest BCUT2D eigenvalue weighted by Gasteiger charge is -2.14. The normalized spacial score (nSPS) is 13.1. The molecule has 0 fully saturated rings. The Morgan fingerprint density at radius 1 is 1.33 bits per heavy atom. The lowest BCUT2D eigenvalue weighted by molar-refractivity contribution is 0.414. The van der Waals surface area contributed by atoms with Crippen molar-refractivity contribution in [2.45, 2.75) is 23.6 Å². The Hall–Kier alpha value is -1.08. The number of benzene rings is 1. The minimum atomic E-state index is -3.52. The lowest BCUT2D eigenvalue weighted by Crippen LogP contribution is -2.33. The molecule has 1 N–H and O–H groups in total. The summed E-state index contributed by atoms with van der Waals surface area (Å²) in [5, 5.41) is 0. The quantitative estimate of drug-likeness (QED) is 0.873. The number of rotatable bonds is 6. The summed E-state index contributed by atoms with van der Waals surface area (Å²) in [5.74, 6) is 0.757. The summed E-state index contributed by atoms with van der Waals surface area (Å²) < 4.78 is 32.9. The maximum Gasteiger partial charge on any atom is 0.250 e. The van der Waals surface area contributed by atoms with E-state index in [2.05, 4.69) is 4.72 Å². The molecule has 0 aliphatic rings. The Morgan fingerprint density at radius 3 is 2.71 bits per heavy atom. The zero-order valence-electron chi connectivity index (χ0n) is 11.7. The Kier molecular flexibility index (Phi) is 5.27. The molecule has 1 aromatic heterocycles. The van der Waals surface area contributed by atoms with Gasteiger partial charge in [-0.15, -0.1) is 11.3 Å². The van der Waals surface area contributed by atoms with Crippen molar-refractivity contribution in [3.05, 3.63) is 46.3 Å². The fraction of sp³-hybridized carbons (Fsp3) is 0.286. The van der Waals surface area contributed by atoms with Crippen LogP contribution in [0.3, 0.4) is 0 Å². The molecule has 1 aromatic carbocycles. The number of hydrogen-bond donors (Lipinski definition) is 1. The molecule has 4 nitrogen and oxygen atoms in total. The maximum absolute atomic E-state index is 12.2. The van der Waals surface area contributed by atoms with Gasteiger partial charge >= 0.3 is 0 Å². The number of nitrogens with one attached hydrogen (secondary N) is 1. The molecule has 0 radical (unpaired) electrons. The maximum atomic E-state index is 12.2. The molecule has 1 atom stereocenters. The van der Waals surface area contributed by atoms with Crippen LogP contribution >= 0.6 is 22.9 Å². The van der Waals surface area contributed by atoms with Gasteiger partial charge in [-0.3, -0.25) is 0 Å². The monoisotopic (exact) mass is 345 g/mol. The van der Waals surface area contributed by atoms with Crippen LogP contribution in [0.4, 0.5) is 0 Å². The van der Waals surface area contributed by atoms with E-state index in [1.165, 1.54) is 6.07 Å². The molecule has 0 aliphatic carbocycles. The van der Waals surface area contributed by atoms with E-state index in [-0.39, 0.29) is 10.3 Å². The van der Waals surface area contributed by atoms with E-state index in [0.29, 0.717) is 10.8 Å². The average molecular weight is 346 g/mol. The molecule has 2 aromatic rings. The van der Waals surface area contributed by atoms with Gasteiger partial charge in [0.05, 0.1) is 11.4 Å². The topological polar surface area (TPSA) is 55.4 Å². The van der Waals surface area contributed by atoms with Crippen molar-refractivity contribution in [2.75, 3.05) is 7.11 Å². The highest BCUT2D eigenvalue weighted by atomic mass is 35.5. The van der Waals surface area contributed by atoms with Crippen LogP contribution in [0.5, 0.6) is 5.75 Å². The molecule has 0 spiro atoms. The molecular weight excluding hydrogens is 330 g/mol. The van der Waals surface area contributed by atoms with Gasteiger partial charge in [-0.1, -0.05) is 23.7 Å². The first-order valence-corrected chi connectivity index (χ1v) is 8.99. The van der Waals surface area contributed by atoms with Gasteiger partial charge in [-0.05, 0) is 43.2 Å². The molecular formula is C14H16ClNO3S2. The van der Waals surface area contributed by atoms with Gasteiger partial charge in [-0.2, -0.15) is 0 Å².